The fraction of sp³-hybridized carbons (Fsp3) is 0.263. The van der Waals surface area contributed by atoms with Crippen LogP contribution in [0.25, 0.3) is 10.2 Å². The number of para-hydroxylation sites is 1. The monoisotopic (exact) mass is 356 g/mol. The molecule has 1 N–H and O–H groups in total. The van der Waals surface area contributed by atoms with Gasteiger partial charge in [-0.2, -0.15) is 0 Å². The Labute approximate surface area is 150 Å². The van der Waals surface area contributed by atoms with Crippen LogP contribution in [0.1, 0.15) is 18.1 Å². The number of hydrogen-bond donors (Lipinski definition) is 1. The summed E-state index contributed by atoms with van der Waals surface area (Å²) in [5.74, 6) is 1.18. The molecule has 0 bridgehead atoms. The second-order valence-electron chi connectivity index (χ2n) is 5.72. The Kier molecular flexibility index (Phi) is 5.19. The number of carbonyl (C=O) groups is 1. The molecule has 0 aliphatic carbocycles. The molecule has 3 rings (SSSR count). The summed E-state index contributed by atoms with van der Waals surface area (Å²) in [4.78, 5) is 16.6. The minimum Gasteiger partial charge on any atom is -0.492 e. The number of nitrogens with one attached hydrogen (secondary N) is 1. The molecule has 1 heterocycles. The van der Waals surface area contributed by atoms with E-state index in [-0.39, 0.29) is 12.5 Å². The minimum absolute atomic E-state index is 0.0584. The highest BCUT2D eigenvalue weighted by atomic mass is 32.1. The first-order valence-corrected chi connectivity index (χ1v) is 8.90. The topological polar surface area (TPSA) is 60.5 Å². The SMILES string of the molecule is CCOc1cccc2sc(NC(=O)COc3cc(C)cc(C)c3)nc12. The average Bonchev–Trinajstić information content (AvgIpc) is 2.96. The van der Waals surface area contributed by atoms with Crippen LogP contribution in [0.3, 0.4) is 0 Å². The molecule has 130 valence electrons. The van der Waals surface area contributed by atoms with Crippen LogP contribution in [0.2, 0.25) is 0 Å². The summed E-state index contributed by atoms with van der Waals surface area (Å²) >= 11 is 1.41. The van der Waals surface area contributed by atoms with E-state index in [0.717, 1.165) is 27.1 Å². The first kappa shape index (κ1) is 17.2. The first-order valence-electron chi connectivity index (χ1n) is 8.08. The molecule has 0 spiro atoms. The zero-order valence-electron chi connectivity index (χ0n) is 14.5. The summed E-state index contributed by atoms with van der Waals surface area (Å²) in [5.41, 5.74) is 2.97. The Bertz CT molecular complexity index is 885. The summed E-state index contributed by atoms with van der Waals surface area (Å²) in [7, 11) is 0. The van der Waals surface area contributed by atoms with Crippen molar-refractivity contribution in [3.63, 3.8) is 0 Å². The third-order valence-corrected chi connectivity index (χ3v) is 4.43. The third-order valence-electron chi connectivity index (χ3n) is 3.49. The summed E-state index contributed by atoms with van der Waals surface area (Å²) in [6.07, 6.45) is 0. The summed E-state index contributed by atoms with van der Waals surface area (Å²) < 4.78 is 12.1. The highest BCUT2D eigenvalue weighted by Crippen LogP contribution is 2.32. The number of aryl methyl sites for hydroxylation is 2. The Morgan fingerprint density at radius 1 is 1.16 bits per heavy atom. The summed E-state index contributed by atoms with van der Waals surface area (Å²) in [6.45, 7) is 6.44. The number of amides is 1. The lowest BCUT2D eigenvalue weighted by Crippen LogP contribution is -2.20. The zero-order valence-corrected chi connectivity index (χ0v) is 15.3. The minimum atomic E-state index is -0.240. The second-order valence-corrected chi connectivity index (χ2v) is 6.75. The van der Waals surface area contributed by atoms with Gasteiger partial charge in [0.2, 0.25) is 0 Å². The van der Waals surface area contributed by atoms with E-state index in [1.807, 2.05) is 51.1 Å². The van der Waals surface area contributed by atoms with Crippen LogP contribution >= 0.6 is 11.3 Å². The van der Waals surface area contributed by atoms with E-state index in [9.17, 15) is 4.79 Å². The number of carbonyl (C=O) groups excluding carboxylic acids is 1. The summed E-state index contributed by atoms with van der Waals surface area (Å²) in [6, 6.07) is 11.6. The van der Waals surface area contributed by atoms with Gasteiger partial charge in [-0.3, -0.25) is 10.1 Å². The van der Waals surface area contributed by atoms with Crippen LogP contribution < -0.4 is 14.8 Å². The number of anilines is 1. The molecular weight excluding hydrogens is 336 g/mol. The van der Waals surface area contributed by atoms with E-state index in [2.05, 4.69) is 16.4 Å². The van der Waals surface area contributed by atoms with Crippen LogP contribution in [0.4, 0.5) is 5.13 Å². The number of nitrogens with zero attached hydrogens (tertiary/aromatic N) is 1. The van der Waals surface area contributed by atoms with Crippen molar-refractivity contribution in [1.29, 1.82) is 0 Å². The molecule has 0 aliphatic rings. The maximum Gasteiger partial charge on any atom is 0.264 e. The average molecular weight is 356 g/mol. The van der Waals surface area contributed by atoms with E-state index >= 15 is 0 Å². The van der Waals surface area contributed by atoms with Crippen LogP contribution in [0, 0.1) is 13.8 Å². The molecule has 0 aliphatic heterocycles. The van der Waals surface area contributed by atoms with Crippen LogP contribution in [0.15, 0.2) is 36.4 Å². The number of fused-ring (bicyclic) bond motifs is 1. The lowest BCUT2D eigenvalue weighted by Gasteiger charge is -2.07. The predicted molar refractivity (Wildman–Crippen MR) is 101 cm³/mol. The highest BCUT2D eigenvalue weighted by molar-refractivity contribution is 7.22. The van der Waals surface area contributed by atoms with Gasteiger partial charge in [0, 0.05) is 0 Å². The van der Waals surface area contributed by atoms with Gasteiger partial charge in [0.1, 0.15) is 17.0 Å². The van der Waals surface area contributed by atoms with E-state index in [4.69, 9.17) is 9.47 Å². The van der Waals surface area contributed by atoms with Gasteiger partial charge in [-0.15, -0.1) is 0 Å². The van der Waals surface area contributed by atoms with Crippen LogP contribution in [-0.4, -0.2) is 24.1 Å². The van der Waals surface area contributed by atoms with Gasteiger partial charge < -0.3 is 9.47 Å². The maximum atomic E-state index is 12.1. The Balaban J connectivity index is 1.66. The molecule has 1 aromatic heterocycles. The van der Waals surface area contributed by atoms with Gasteiger partial charge >= 0.3 is 0 Å². The zero-order chi connectivity index (χ0) is 17.8. The van der Waals surface area contributed by atoms with E-state index < -0.39 is 0 Å². The molecule has 0 unspecified atom stereocenters. The molecule has 0 saturated carbocycles. The fourth-order valence-electron chi connectivity index (χ4n) is 2.57. The van der Waals surface area contributed by atoms with Crippen molar-refractivity contribution in [2.24, 2.45) is 0 Å². The number of benzene rings is 2. The van der Waals surface area contributed by atoms with Crippen molar-refractivity contribution in [3.8, 4) is 11.5 Å². The van der Waals surface area contributed by atoms with Gasteiger partial charge in [0.05, 0.1) is 11.3 Å². The number of hydrogen-bond acceptors (Lipinski definition) is 5. The fourth-order valence-corrected chi connectivity index (χ4v) is 3.47. The molecule has 25 heavy (non-hydrogen) atoms. The Morgan fingerprint density at radius 2 is 1.92 bits per heavy atom. The molecule has 0 atom stereocenters. The van der Waals surface area contributed by atoms with Gasteiger partial charge in [-0.05, 0) is 56.2 Å². The normalized spacial score (nSPS) is 10.7. The second kappa shape index (κ2) is 7.53. The molecule has 3 aromatic rings. The summed E-state index contributed by atoms with van der Waals surface area (Å²) in [5, 5.41) is 3.33. The van der Waals surface area contributed by atoms with Gasteiger partial charge in [-0.1, -0.05) is 23.5 Å². The lowest BCUT2D eigenvalue weighted by atomic mass is 10.1. The number of thiazole rings is 1. The lowest BCUT2D eigenvalue weighted by molar-refractivity contribution is -0.118. The largest absolute Gasteiger partial charge is 0.492 e. The van der Waals surface area contributed by atoms with Gasteiger partial charge in [0.25, 0.3) is 5.91 Å². The smallest absolute Gasteiger partial charge is 0.264 e. The van der Waals surface area contributed by atoms with Crippen molar-refractivity contribution in [2.75, 3.05) is 18.5 Å². The molecule has 1 amide bonds. The number of rotatable bonds is 6. The molecule has 0 saturated heterocycles. The van der Waals surface area contributed by atoms with Crippen molar-refractivity contribution < 1.29 is 14.3 Å². The van der Waals surface area contributed by atoms with Crippen molar-refractivity contribution in [1.82, 2.24) is 4.98 Å². The highest BCUT2D eigenvalue weighted by Gasteiger charge is 2.12. The van der Waals surface area contributed by atoms with E-state index in [1.54, 1.807) is 0 Å². The first-order chi connectivity index (χ1) is 12.0. The van der Waals surface area contributed by atoms with E-state index in [0.29, 0.717) is 17.5 Å². The number of aromatic nitrogens is 1. The predicted octanol–water partition coefficient (Wildman–Crippen LogP) is 4.33. The van der Waals surface area contributed by atoms with Gasteiger partial charge in [0.15, 0.2) is 11.7 Å². The number of ether oxygens (including phenoxy) is 2. The van der Waals surface area contributed by atoms with Crippen LogP contribution in [0.5, 0.6) is 11.5 Å². The van der Waals surface area contributed by atoms with Crippen molar-refractivity contribution in [3.05, 3.63) is 47.5 Å². The molecule has 0 radical (unpaired) electrons. The van der Waals surface area contributed by atoms with E-state index in [1.165, 1.54) is 11.3 Å². The van der Waals surface area contributed by atoms with Crippen molar-refractivity contribution in [2.45, 2.75) is 20.8 Å². The molecule has 0 fully saturated rings. The third kappa shape index (κ3) is 4.28. The molecular formula is C19H20N2O3S. The Hall–Kier alpha value is -2.60. The molecule has 2 aromatic carbocycles. The molecule has 6 heteroatoms. The van der Waals surface area contributed by atoms with Crippen LogP contribution in [-0.2, 0) is 4.79 Å². The quantitative estimate of drug-likeness (QED) is 0.714. The standard InChI is InChI=1S/C19H20N2O3S/c1-4-23-15-6-5-7-16-18(15)21-19(25-16)20-17(22)11-24-14-9-12(2)8-13(3)10-14/h5-10H,4,11H2,1-3H3,(H,20,21,22). The van der Waals surface area contributed by atoms with Crippen molar-refractivity contribution >= 4 is 32.6 Å². The molecule has 5 nitrogen and oxygen atoms in total. The Morgan fingerprint density at radius 3 is 2.64 bits per heavy atom. The van der Waals surface area contributed by atoms with Gasteiger partial charge in [-0.25, -0.2) is 4.98 Å². The maximum absolute atomic E-state index is 12.1.